The van der Waals surface area contributed by atoms with Gasteiger partial charge < -0.3 is 10.7 Å². The molecule has 76 valence electrons. The Hall–Kier alpha value is -1.69. The fourth-order valence-electron chi connectivity index (χ4n) is 1.12. The van der Waals surface area contributed by atoms with Crippen LogP contribution in [0.5, 0.6) is 0 Å². The van der Waals surface area contributed by atoms with E-state index >= 15 is 0 Å². The van der Waals surface area contributed by atoms with Gasteiger partial charge in [0.05, 0.1) is 11.1 Å². The van der Waals surface area contributed by atoms with Gasteiger partial charge in [-0.15, -0.1) is 0 Å². The van der Waals surface area contributed by atoms with E-state index in [1.807, 2.05) is 6.92 Å². The third kappa shape index (κ3) is 1.80. The summed E-state index contributed by atoms with van der Waals surface area (Å²) < 4.78 is 0. The first-order valence-electron chi connectivity index (χ1n) is 4.18. The lowest BCUT2D eigenvalue weighted by Gasteiger charge is -2.06. The maximum atomic E-state index is 11.5. The van der Waals surface area contributed by atoms with Crippen LogP contribution in [0.2, 0.25) is 0 Å². The maximum Gasteiger partial charge on any atom is 0.332 e. The summed E-state index contributed by atoms with van der Waals surface area (Å²) in [5, 5.41) is 10.4. The van der Waals surface area contributed by atoms with E-state index in [-0.39, 0.29) is 5.56 Å². The van der Waals surface area contributed by atoms with E-state index in [0.717, 1.165) is 6.20 Å². The Balaban J connectivity index is 3.28. The molecule has 6 heteroatoms. The van der Waals surface area contributed by atoms with Crippen LogP contribution >= 0.6 is 0 Å². The Morgan fingerprint density at radius 2 is 2.29 bits per heavy atom. The number of hydrogen-bond donors (Lipinski definition) is 2. The Morgan fingerprint density at radius 3 is 2.79 bits per heavy atom. The van der Waals surface area contributed by atoms with Gasteiger partial charge in [0.15, 0.2) is 0 Å². The Morgan fingerprint density at radius 1 is 1.64 bits per heavy atom. The number of H-pyrrole nitrogens is 1. The maximum absolute atomic E-state index is 11.5. The van der Waals surface area contributed by atoms with E-state index < -0.39 is 22.1 Å². The first-order valence-corrected chi connectivity index (χ1v) is 4.18. The molecule has 1 aromatic heterocycles. The van der Waals surface area contributed by atoms with Crippen molar-refractivity contribution in [2.45, 2.75) is 19.4 Å². The highest BCUT2D eigenvalue weighted by molar-refractivity contribution is 5.31. The van der Waals surface area contributed by atoms with Crippen molar-refractivity contribution in [2.75, 3.05) is 0 Å². The molecular formula is C8H11N3O3. The van der Waals surface area contributed by atoms with Gasteiger partial charge >= 0.3 is 5.69 Å². The van der Waals surface area contributed by atoms with Gasteiger partial charge in [-0.25, -0.2) is 0 Å². The topological polar surface area (TPSA) is 102 Å². The molecule has 6 nitrogen and oxygen atoms in total. The number of nitro groups is 1. The molecule has 1 aromatic rings. The molecule has 0 bridgehead atoms. The van der Waals surface area contributed by atoms with E-state index in [4.69, 9.17) is 5.73 Å². The highest BCUT2D eigenvalue weighted by atomic mass is 16.6. The van der Waals surface area contributed by atoms with E-state index in [1.54, 1.807) is 0 Å². The van der Waals surface area contributed by atoms with Crippen molar-refractivity contribution in [1.82, 2.24) is 4.98 Å². The van der Waals surface area contributed by atoms with Gasteiger partial charge in [-0.05, 0) is 6.42 Å². The molecule has 0 aliphatic carbocycles. The second kappa shape index (κ2) is 4.01. The van der Waals surface area contributed by atoms with Gasteiger partial charge in [0.2, 0.25) is 0 Å². The molecule has 0 spiro atoms. The standard InChI is InChI=1S/C8H11N3O3/c1-2-6(9)5-3-10-4-7(8(5)12)11(13)14/h3-4,6H,2,9H2,1H3,(H,10,12)/t6-/m0/s1. The zero-order valence-corrected chi connectivity index (χ0v) is 7.69. The van der Waals surface area contributed by atoms with E-state index in [0.29, 0.717) is 6.42 Å². The summed E-state index contributed by atoms with van der Waals surface area (Å²) in [5.74, 6) is 0. The van der Waals surface area contributed by atoms with Crippen LogP contribution in [0.1, 0.15) is 24.9 Å². The number of aromatic amines is 1. The summed E-state index contributed by atoms with van der Waals surface area (Å²) >= 11 is 0. The van der Waals surface area contributed by atoms with E-state index in [9.17, 15) is 14.9 Å². The monoisotopic (exact) mass is 197 g/mol. The van der Waals surface area contributed by atoms with Gasteiger partial charge in [0.25, 0.3) is 5.43 Å². The smallest absolute Gasteiger partial charge is 0.332 e. The van der Waals surface area contributed by atoms with Crippen LogP contribution in [0.15, 0.2) is 17.2 Å². The number of rotatable bonds is 3. The third-order valence-electron chi connectivity index (χ3n) is 1.99. The highest BCUT2D eigenvalue weighted by Gasteiger charge is 2.17. The summed E-state index contributed by atoms with van der Waals surface area (Å²) in [4.78, 5) is 23.7. The quantitative estimate of drug-likeness (QED) is 0.549. The molecule has 1 heterocycles. The van der Waals surface area contributed by atoms with Crippen molar-refractivity contribution in [3.8, 4) is 0 Å². The van der Waals surface area contributed by atoms with Crippen molar-refractivity contribution in [1.29, 1.82) is 0 Å². The SMILES string of the molecule is CC[C@H](N)c1c[nH]cc([N+](=O)[O-])c1=O. The Kier molecular flexibility index (Phi) is 2.98. The van der Waals surface area contributed by atoms with Crippen molar-refractivity contribution >= 4 is 5.69 Å². The van der Waals surface area contributed by atoms with E-state index in [1.165, 1.54) is 6.20 Å². The molecule has 1 atom stereocenters. The average molecular weight is 197 g/mol. The summed E-state index contributed by atoms with van der Waals surface area (Å²) in [6, 6.07) is -0.460. The molecule has 0 saturated heterocycles. The van der Waals surface area contributed by atoms with Crippen LogP contribution in [-0.2, 0) is 0 Å². The first kappa shape index (κ1) is 10.4. The second-order valence-corrected chi connectivity index (χ2v) is 2.90. The summed E-state index contributed by atoms with van der Waals surface area (Å²) in [6.45, 7) is 1.81. The minimum Gasteiger partial charge on any atom is -0.361 e. The molecule has 0 aliphatic rings. The van der Waals surface area contributed by atoms with Gasteiger partial charge in [0, 0.05) is 17.8 Å². The number of nitrogens with two attached hydrogens (primary N) is 1. The molecule has 0 aromatic carbocycles. The normalized spacial score (nSPS) is 12.4. The molecule has 0 unspecified atom stereocenters. The molecule has 0 aliphatic heterocycles. The Bertz CT molecular complexity index is 399. The predicted molar refractivity (Wildman–Crippen MR) is 50.9 cm³/mol. The second-order valence-electron chi connectivity index (χ2n) is 2.90. The zero-order valence-electron chi connectivity index (χ0n) is 7.69. The summed E-state index contributed by atoms with van der Waals surface area (Å²) in [6.07, 6.45) is 3.03. The van der Waals surface area contributed by atoms with Crippen LogP contribution in [0, 0.1) is 10.1 Å². The minimum absolute atomic E-state index is 0.252. The zero-order chi connectivity index (χ0) is 10.7. The van der Waals surface area contributed by atoms with Crippen LogP contribution in [0.25, 0.3) is 0 Å². The first-order chi connectivity index (χ1) is 6.57. The molecule has 0 saturated carbocycles. The van der Waals surface area contributed by atoms with Gasteiger partial charge in [-0.2, -0.15) is 0 Å². The lowest BCUT2D eigenvalue weighted by atomic mass is 10.1. The molecule has 3 N–H and O–H groups in total. The molecule has 0 amide bonds. The predicted octanol–water partition coefficient (Wildman–Crippen LogP) is 0.693. The number of pyridine rings is 1. The van der Waals surface area contributed by atoms with Gasteiger partial charge in [-0.1, -0.05) is 6.92 Å². The number of aromatic nitrogens is 1. The average Bonchev–Trinajstić information content (AvgIpc) is 2.16. The van der Waals surface area contributed by atoms with Crippen LogP contribution in [0.3, 0.4) is 0 Å². The molecule has 1 rings (SSSR count). The minimum atomic E-state index is -0.718. The van der Waals surface area contributed by atoms with Gasteiger partial charge in [0.1, 0.15) is 0 Å². The lowest BCUT2D eigenvalue weighted by molar-refractivity contribution is -0.386. The van der Waals surface area contributed by atoms with Crippen molar-refractivity contribution < 1.29 is 4.92 Å². The van der Waals surface area contributed by atoms with Crippen molar-refractivity contribution in [3.05, 3.63) is 38.3 Å². The fourth-order valence-corrected chi connectivity index (χ4v) is 1.12. The summed E-state index contributed by atoms with van der Waals surface area (Å²) in [7, 11) is 0. The van der Waals surface area contributed by atoms with Crippen LogP contribution in [0.4, 0.5) is 5.69 Å². The molecule has 0 fully saturated rings. The summed E-state index contributed by atoms with van der Waals surface area (Å²) in [5.41, 5.74) is 4.80. The third-order valence-corrected chi connectivity index (χ3v) is 1.99. The fraction of sp³-hybridized carbons (Fsp3) is 0.375. The molecule has 0 radical (unpaired) electrons. The molecular weight excluding hydrogens is 186 g/mol. The lowest BCUT2D eigenvalue weighted by Crippen LogP contribution is -2.21. The largest absolute Gasteiger partial charge is 0.361 e. The number of nitrogens with one attached hydrogen (secondary N) is 1. The van der Waals surface area contributed by atoms with Crippen molar-refractivity contribution in [3.63, 3.8) is 0 Å². The van der Waals surface area contributed by atoms with E-state index in [2.05, 4.69) is 4.98 Å². The number of hydrogen-bond acceptors (Lipinski definition) is 4. The number of nitrogens with zero attached hydrogens (tertiary/aromatic N) is 1. The van der Waals surface area contributed by atoms with Crippen molar-refractivity contribution in [2.24, 2.45) is 5.73 Å². The molecule has 14 heavy (non-hydrogen) atoms. The highest BCUT2D eigenvalue weighted by Crippen LogP contribution is 2.11. The van der Waals surface area contributed by atoms with Crippen LogP contribution in [-0.4, -0.2) is 9.91 Å². The van der Waals surface area contributed by atoms with Crippen LogP contribution < -0.4 is 11.2 Å². The Labute approximate surface area is 79.9 Å². The van der Waals surface area contributed by atoms with Gasteiger partial charge in [-0.3, -0.25) is 14.9 Å².